The number of carbonyl (C=O) groups is 1. The molecular weight excluding hydrogens is 352 g/mol. The number of aromatic nitrogens is 2. The summed E-state index contributed by atoms with van der Waals surface area (Å²) in [6, 6.07) is 15.8. The highest BCUT2D eigenvalue weighted by Crippen LogP contribution is 2.33. The molecule has 0 fully saturated rings. The van der Waals surface area contributed by atoms with E-state index in [1.807, 2.05) is 62.4 Å². The van der Waals surface area contributed by atoms with Crippen LogP contribution in [-0.2, 0) is 13.1 Å². The second-order valence-electron chi connectivity index (χ2n) is 7.07. The summed E-state index contributed by atoms with van der Waals surface area (Å²) >= 11 is 0. The SMILES string of the molecule is CC(C)Nc1ncc(C(=O)N2Cc3ccccc3Oc3ccccc3C2)cn1. The summed E-state index contributed by atoms with van der Waals surface area (Å²) in [6.45, 7) is 4.93. The first-order valence-electron chi connectivity index (χ1n) is 9.31. The van der Waals surface area contributed by atoms with Crippen LogP contribution in [0, 0.1) is 0 Å². The van der Waals surface area contributed by atoms with Crippen LogP contribution in [0.3, 0.4) is 0 Å². The molecule has 6 heteroatoms. The highest BCUT2D eigenvalue weighted by molar-refractivity contribution is 5.93. The van der Waals surface area contributed by atoms with E-state index in [1.165, 1.54) is 0 Å². The predicted octanol–water partition coefficient (Wildman–Crippen LogP) is 4.25. The fraction of sp³-hybridized carbons (Fsp3) is 0.227. The number of hydrogen-bond acceptors (Lipinski definition) is 5. The molecular formula is C22H22N4O2. The van der Waals surface area contributed by atoms with E-state index >= 15 is 0 Å². The van der Waals surface area contributed by atoms with E-state index in [2.05, 4.69) is 15.3 Å². The monoisotopic (exact) mass is 374 g/mol. The normalized spacial score (nSPS) is 13.0. The maximum absolute atomic E-state index is 13.2. The summed E-state index contributed by atoms with van der Waals surface area (Å²) < 4.78 is 6.10. The van der Waals surface area contributed by atoms with Gasteiger partial charge in [0, 0.05) is 29.6 Å². The molecule has 0 aliphatic carbocycles. The molecule has 0 unspecified atom stereocenters. The highest BCUT2D eigenvalue weighted by atomic mass is 16.5. The van der Waals surface area contributed by atoms with E-state index in [0.717, 1.165) is 22.6 Å². The van der Waals surface area contributed by atoms with Gasteiger partial charge in [0.05, 0.1) is 18.7 Å². The largest absolute Gasteiger partial charge is 0.457 e. The van der Waals surface area contributed by atoms with Gasteiger partial charge in [0.2, 0.25) is 5.95 Å². The van der Waals surface area contributed by atoms with Gasteiger partial charge in [-0.1, -0.05) is 36.4 Å². The Kier molecular flexibility index (Phi) is 4.93. The Hall–Kier alpha value is -3.41. The molecule has 0 atom stereocenters. The lowest BCUT2D eigenvalue weighted by Gasteiger charge is -2.27. The van der Waals surface area contributed by atoms with E-state index in [1.54, 1.807) is 17.3 Å². The molecule has 0 bridgehead atoms. The van der Waals surface area contributed by atoms with Crippen LogP contribution in [0.15, 0.2) is 60.9 Å². The van der Waals surface area contributed by atoms with Crippen molar-refractivity contribution in [1.29, 1.82) is 0 Å². The van der Waals surface area contributed by atoms with Gasteiger partial charge in [-0.2, -0.15) is 0 Å². The van der Waals surface area contributed by atoms with Crippen LogP contribution >= 0.6 is 0 Å². The number of nitrogens with zero attached hydrogens (tertiary/aromatic N) is 3. The summed E-state index contributed by atoms with van der Waals surface area (Å²) in [5.41, 5.74) is 2.39. The molecule has 1 aliphatic heterocycles. The summed E-state index contributed by atoms with van der Waals surface area (Å²) in [5, 5.41) is 3.13. The lowest BCUT2D eigenvalue weighted by molar-refractivity contribution is 0.0724. The molecule has 6 nitrogen and oxygen atoms in total. The summed E-state index contributed by atoms with van der Waals surface area (Å²) in [6.07, 6.45) is 3.15. The molecule has 1 aliphatic rings. The van der Waals surface area contributed by atoms with Gasteiger partial charge in [0.15, 0.2) is 0 Å². The molecule has 28 heavy (non-hydrogen) atoms. The number of carbonyl (C=O) groups excluding carboxylic acids is 1. The maximum Gasteiger partial charge on any atom is 0.257 e. The number of benzene rings is 2. The third kappa shape index (κ3) is 3.81. The van der Waals surface area contributed by atoms with Crippen LogP contribution in [0.5, 0.6) is 11.5 Å². The molecule has 2 aromatic carbocycles. The molecule has 3 aromatic rings. The van der Waals surface area contributed by atoms with E-state index < -0.39 is 0 Å². The first-order valence-corrected chi connectivity index (χ1v) is 9.31. The van der Waals surface area contributed by atoms with Crippen molar-refractivity contribution in [2.75, 3.05) is 5.32 Å². The quantitative estimate of drug-likeness (QED) is 0.742. The fourth-order valence-corrected chi connectivity index (χ4v) is 3.15. The number of fused-ring (bicyclic) bond motifs is 2. The van der Waals surface area contributed by atoms with Crippen LogP contribution in [0.25, 0.3) is 0 Å². The van der Waals surface area contributed by atoms with Crippen molar-refractivity contribution in [3.63, 3.8) is 0 Å². The van der Waals surface area contributed by atoms with Crippen molar-refractivity contribution in [2.45, 2.75) is 33.0 Å². The minimum Gasteiger partial charge on any atom is -0.457 e. The number of amides is 1. The zero-order valence-electron chi connectivity index (χ0n) is 15.9. The molecule has 1 aromatic heterocycles. The summed E-state index contributed by atoms with van der Waals surface area (Å²) in [5.74, 6) is 1.94. The molecule has 4 rings (SSSR count). The molecule has 2 heterocycles. The first-order chi connectivity index (χ1) is 13.6. The number of rotatable bonds is 3. The third-order valence-corrected chi connectivity index (χ3v) is 4.49. The van der Waals surface area contributed by atoms with Crippen molar-refractivity contribution < 1.29 is 9.53 Å². The molecule has 142 valence electrons. The minimum atomic E-state index is -0.109. The van der Waals surface area contributed by atoms with E-state index in [-0.39, 0.29) is 11.9 Å². The lowest BCUT2D eigenvalue weighted by atomic mass is 10.1. The topological polar surface area (TPSA) is 67.4 Å². The smallest absolute Gasteiger partial charge is 0.257 e. The van der Waals surface area contributed by atoms with E-state index in [0.29, 0.717) is 24.6 Å². The van der Waals surface area contributed by atoms with E-state index in [4.69, 9.17) is 4.74 Å². The Morgan fingerprint density at radius 2 is 1.50 bits per heavy atom. The lowest BCUT2D eigenvalue weighted by Crippen LogP contribution is -2.31. The van der Waals surface area contributed by atoms with Crippen LogP contribution in [0.4, 0.5) is 5.95 Å². The van der Waals surface area contributed by atoms with Gasteiger partial charge in [-0.05, 0) is 26.0 Å². The van der Waals surface area contributed by atoms with Gasteiger partial charge < -0.3 is 15.0 Å². The van der Waals surface area contributed by atoms with E-state index in [9.17, 15) is 4.79 Å². The van der Waals surface area contributed by atoms with Gasteiger partial charge in [-0.3, -0.25) is 4.79 Å². The van der Waals surface area contributed by atoms with Crippen molar-refractivity contribution in [2.24, 2.45) is 0 Å². The Morgan fingerprint density at radius 1 is 0.964 bits per heavy atom. The van der Waals surface area contributed by atoms with Crippen molar-refractivity contribution in [3.8, 4) is 11.5 Å². The average Bonchev–Trinajstić information content (AvgIpc) is 2.68. The second-order valence-corrected chi connectivity index (χ2v) is 7.07. The Labute approximate surface area is 164 Å². The third-order valence-electron chi connectivity index (χ3n) is 4.49. The predicted molar refractivity (Wildman–Crippen MR) is 107 cm³/mol. The van der Waals surface area contributed by atoms with Crippen LogP contribution in [-0.4, -0.2) is 26.8 Å². The van der Waals surface area contributed by atoms with Crippen LogP contribution in [0.2, 0.25) is 0 Å². The highest BCUT2D eigenvalue weighted by Gasteiger charge is 2.23. The Balaban J connectivity index is 1.66. The number of ether oxygens (including phenoxy) is 1. The van der Waals surface area contributed by atoms with Crippen LogP contribution in [0.1, 0.15) is 35.3 Å². The van der Waals surface area contributed by atoms with Gasteiger partial charge in [0.1, 0.15) is 11.5 Å². The average molecular weight is 374 g/mol. The summed E-state index contributed by atoms with van der Waals surface area (Å²) in [4.78, 5) is 23.5. The van der Waals surface area contributed by atoms with Crippen molar-refractivity contribution >= 4 is 11.9 Å². The maximum atomic E-state index is 13.2. The van der Waals surface area contributed by atoms with Gasteiger partial charge >= 0.3 is 0 Å². The van der Waals surface area contributed by atoms with Crippen molar-refractivity contribution in [3.05, 3.63) is 77.6 Å². The zero-order valence-corrected chi connectivity index (χ0v) is 15.9. The van der Waals surface area contributed by atoms with Gasteiger partial charge in [0.25, 0.3) is 5.91 Å². The minimum absolute atomic E-state index is 0.109. The number of hydrogen-bond donors (Lipinski definition) is 1. The van der Waals surface area contributed by atoms with Crippen molar-refractivity contribution in [1.82, 2.24) is 14.9 Å². The fourth-order valence-electron chi connectivity index (χ4n) is 3.15. The van der Waals surface area contributed by atoms with Gasteiger partial charge in [-0.15, -0.1) is 0 Å². The molecule has 0 spiro atoms. The molecule has 0 saturated heterocycles. The molecule has 1 N–H and O–H groups in total. The first kappa shape index (κ1) is 18.0. The van der Waals surface area contributed by atoms with Gasteiger partial charge in [-0.25, -0.2) is 9.97 Å². The number of para-hydroxylation sites is 2. The Morgan fingerprint density at radius 3 is 2.04 bits per heavy atom. The molecule has 0 saturated carbocycles. The molecule has 1 amide bonds. The summed E-state index contributed by atoms with van der Waals surface area (Å²) in [7, 11) is 0. The number of anilines is 1. The zero-order chi connectivity index (χ0) is 19.5. The Bertz CT molecular complexity index is 938. The number of nitrogens with one attached hydrogen (secondary N) is 1. The van der Waals surface area contributed by atoms with Crippen LogP contribution < -0.4 is 10.1 Å². The standard InChI is InChI=1S/C22H22N4O2/c1-15(2)25-22-23-11-18(12-24-22)21(27)26-13-16-7-3-5-9-19(16)28-20-10-6-4-8-17(20)14-26/h3-12,15H,13-14H2,1-2H3,(H,23,24,25). The second kappa shape index (κ2) is 7.68. The molecule has 0 radical (unpaired) electrons.